The molecule has 0 spiro atoms. The van der Waals surface area contributed by atoms with Crippen LogP contribution >= 0.6 is 0 Å². The molecule has 58 valence electrons. The van der Waals surface area contributed by atoms with Gasteiger partial charge in [-0.2, -0.15) is 0 Å². The predicted molar refractivity (Wildman–Crippen MR) is 49.4 cm³/mol. The van der Waals surface area contributed by atoms with E-state index in [1.54, 1.807) is 0 Å². The lowest BCUT2D eigenvalue weighted by Crippen LogP contribution is -1.80. The van der Waals surface area contributed by atoms with Crippen molar-refractivity contribution in [1.29, 1.82) is 0 Å². The molecule has 1 aliphatic rings. The lowest BCUT2D eigenvalue weighted by atomic mass is 10.1. The zero-order valence-corrected chi connectivity index (χ0v) is 7.44. The van der Waals surface area contributed by atoms with Crippen molar-refractivity contribution >= 4 is 0 Å². The number of hydrogen-bond acceptors (Lipinski definition) is 0. The van der Waals surface area contributed by atoms with Gasteiger partial charge in [0.15, 0.2) is 0 Å². The molecule has 0 aromatic carbocycles. The molecule has 0 saturated carbocycles. The minimum atomic E-state index is 1.06. The second-order valence-corrected chi connectivity index (χ2v) is 3.17. The zero-order valence-electron chi connectivity index (χ0n) is 7.44. The van der Waals surface area contributed by atoms with Gasteiger partial charge in [-0.3, -0.25) is 0 Å². The van der Waals surface area contributed by atoms with E-state index in [2.05, 4.69) is 38.7 Å². The fourth-order valence-electron chi connectivity index (χ4n) is 1.09. The van der Waals surface area contributed by atoms with Gasteiger partial charge in [0.25, 0.3) is 0 Å². The largest absolute Gasteiger partial charge is 0.121 e. The monoisotopic (exact) mass is 146 g/mol. The third-order valence-electron chi connectivity index (χ3n) is 1.72. The number of rotatable bonds is 0. The van der Waals surface area contributed by atoms with Crippen LogP contribution in [-0.2, 0) is 0 Å². The van der Waals surface area contributed by atoms with Crippen LogP contribution in [-0.4, -0.2) is 0 Å². The molecule has 0 N–H and O–H groups in total. The summed E-state index contributed by atoms with van der Waals surface area (Å²) in [5, 5.41) is 0. The maximum atomic E-state index is 3.25. The molecule has 0 fully saturated rings. The maximum Gasteiger partial charge on any atom is -0.00346 e. The molecular formula is C11H14. The Kier molecular flexibility index (Phi) is 2.51. The summed E-state index contributed by atoms with van der Waals surface area (Å²) >= 11 is 0. The molecule has 0 atom stereocenters. The first-order chi connectivity index (χ1) is 5.18. The van der Waals surface area contributed by atoms with E-state index in [1.807, 2.05) is 6.08 Å². The summed E-state index contributed by atoms with van der Waals surface area (Å²) in [6.45, 7) is 6.36. The van der Waals surface area contributed by atoms with Crippen LogP contribution in [0, 0.1) is 0 Å². The van der Waals surface area contributed by atoms with Crippen molar-refractivity contribution in [3.05, 3.63) is 40.7 Å². The molecule has 0 bridgehead atoms. The Morgan fingerprint density at radius 2 is 1.91 bits per heavy atom. The second kappa shape index (κ2) is 3.41. The fourth-order valence-corrected chi connectivity index (χ4v) is 1.09. The summed E-state index contributed by atoms with van der Waals surface area (Å²) in [4.78, 5) is 0. The fraction of sp³-hybridized carbons (Fsp3) is 0.364. The van der Waals surface area contributed by atoms with Crippen LogP contribution in [0.4, 0.5) is 0 Å². The van der Waals surface area contributed by atoms with Gasteiger partial charge in [0.1, 0.15) is 0 Å². The van der Waals surface area contributed by atoms with Gasteiger partial charge < -0.3 is 0 Å². The average molecular weight is 146 g/mol. The zero-order chi connectivity index (χ0) is 8.27. The van der Waals surface area contributed by atoms with Gasteiger partial charge in [0, 0.05) is 0 Å². The van der Waals surface area contributed by atoms with E-state index in [4.69, 9.17) is 0 Å². The SMILES string of the molecule is CC1=C=CC(C)=CC=C(C)C1. The van der Waals surface area contributed by atoms with Gasteiger partial charge in [0.05, 0.1) is 0 Å². The van der Waals surface area contributed by atoms with Gasteiger partial charge in [0.2, 0.25) is 0 Å². The Bertz CT molecular complexity index is 268. The average Bonchev–Trinajstić information content (AvgIpc) is 1.95. The number of hydrogen-bond donors (Lipinski definition) is 0. The summed E-state index contributed by atoms with van der Waals surface area (Å²) in [5.41, 5.74) is 7.23. The normalized spacial score (nSPS) is 17.9. The third kappa shape index (κ3) is 2.61. The van der Waals surface area contributed by atoms with Crippen molar-refractivity contribution in [2.45, 2.75) is 27.2 Å². The van der Waals surface area contributed by atoms with Crippen molar-refractivity contribution in [1.82, 2.24) is 0 Å². The van der Waals surface area contributed by atoms with Crippen LogP contribution < -0.4 is 0 Å². The first kappa shape index (κ1) is 8.10. The Hall–Kier alpha value is -1.00. The summed E-state index contributed by atoms with van der Waals surface area (Å²) < 4.78 is 0. The van der Waals surface area contributed by atoms with Gasteiger partial charge in [-0.15, -0.1) is 5.73 Å². The summed E-state index contributed by atoms with van der Waals surface area (Å²) in [6.07, 6.45) is 7.41. The van der Waals surface area contributed by atoms with Gasteiger partial charge in [-0.25, -0.2) is 0 Å². The molecule has 0 amide bonds. The molecule has 0 heteroatoms. The van der Waals surface area contributed by atoms with E-state index in [0.717, 1.165) is 6.42 Å². The van der Waals surface area contributed by atoms with E-state index >= 15 is 0 Å². The lowest BCUT2D eigenvalue weighted by Gasteiger charge is -2.00. The molecule has 0 aliphatic heterocycles. The van der Waals surface area contributed by atoms with Crippen LogP contribution in [0.15, 0.2) is 40.7 Å². The second-order valence-electron chi connectivity index (χ2n) is 3.17. The van der Waals surface area contributed by atoms with Crippen molar-refractivity contribution in [2.75, 3.05) is 0 Å². The Morgan fingerprint density at radius 3 is 2.64 bits per heavy atom. The minimum absolute atomic E-state index is 1.06. The van der Waals surface area contributed by atoms with Crippen LogP contribution in [0.25, 0.3) is 0 Å². The molecule has 11 heavy (non-hydrogen) atoms. The molecule has 0 heterocycles. The standard InChI is InChI=1S/C11H14/c1-9-4-6-10(2)8-11(3)7-5-9/h4-6H,8H2,1-3H3. The van der Waals surface area contributed by atoms with Crippen molar-refractivity contribution in [3.63, 3.8) is 0 Å². The van der Waals surface area contributed by atoms with Gasteiger partial charge in [-0.1, -0.05) is 17.7 Å². The van der Waals surface area contributed by atoms with E-state index < -0.39 is 0 Å². The van der Waals surface area contributed by atoms with Crippen molar-refractivity contribution in [2.24, 2.45) is 0 Å². The third-order valence-corrected chi connectivity index (χ3v) is 1.72. The van der Waals surface area contributed by atoms with Crippen LogP contribution in [0.1, 0.15) is 27.2 Å². The van der Waals surface area contributed by atoms with Crippen LogP contribution in [0.5, 0.6) is 0 Å². The highest BCUT2D eigenvalue weighted by molar-refractivity contribution is 5.28. The molecule has 0 aromatic heterocycles. The molecule has 1 aliphatic carbocycles. The Morgan fingerprint density at radius 1 is 1.18 bits per heavy atom. The van der Waals surface area contributed by atoms with Crippen LogP contribution in [0.2, 0.25) is 0 Å². The predicted octanol–water partition coefficient (Wildman–Crippen LogP) is 3.38. The lowest BCUT2D eigenvalue weighted by molar-refractivity contribution is 1.11. The first-order valence-electron chi connectivity index (χ1n) is 3.95. The molecule has 0 aromatic rings. The highest BCUT2D eigenvalue weighted by atomic mass is 14.0. The molecule has 0 nitrogen and oxygen atoms in total. The molecular weight excluding hydrogens is 132 g/mol. The number of allylic oxidation sites excluding steroid dienone is 5. The van der Waals surface area contributed by atoms with E-state index in [-0.39, 0.29) is 0 Å². The Labute approximate surface area is 68.6 Å². The molecule has 0 unspecified atom stereocenters. The van der Waals surface area contributed by atoms with Crippen molar-refractivity contribution in [3.8, 4) is 0 Å². The Balaban J connectivity index is 3.00. The highest BCUT2D eigenvalue weighted by Gasteiger charge is 1.92. The smallest absolute Gasteiger partial charge is 0.00346 e. The highest BCUT2D eigenvalue weighted by Crippen LogP contribution is 2.12. The first-order valence-corrected chi connectivity index (χ1v) is 3.95. The summed E-state index contributed by atoms with van der Waals surface area (Å²) in [6, 6.07) is 0. The molecule has 0 radical (unpaired) electrons. The van der Waals surface area contributed by atoms with Crippen LogP contribution in [0.3, 0.4) is 0 Å². The topological polar surface area (TPSA) is 0 Å². The van der Waals surface area contributed by atoms with E-state index in [9.17, 15) is 0 Å². The molecule has 0 saturated heterocycles. The van der Waals surface area contributed by atoms with E-state index in [1.165, 1.54) is 16.7 Å². The van der Waals surface area contributed by atoms with Crippen molar-refractivity contribution < 1.29 is 0 Å². The quantitative estimate of drug-likeness (QED) is 0.459. The minimum Gasteiger partial charge on any atom is -0.121 e. The van der Waals surface area contributed by atoms with Gasteiger partial charge in [-0.05, 0) is 44.4 Å². The van der Waals surface area contributed by atoms with Gasteiger partial charge >= 0.3 is 0 Å². The molecule has 1 rings (SSSR count). The summed E-state index contributed by atoms with van der Waals surface area (Å²) in [7, 11) is 0. The maximum absolute atomic E-state index is 3.25. The summed E-state index contributed by atoms with van der Waals surface area (Å²) in [5.74, 6) is 0. The van der Waals surface area contributed by atoms with E-state index in [0.29, 0.717) is 0 Å².